The van der Waals surface area contributed by atoms with Crippen LogP contribution < -0.4 is 19.8 Å². The highest BCUT2D eigenvalue weighted by Crippen LogP contribution is 2.37. The average molecular weight is 667 g/mol. The lowest BCUT2D eigenvalue weighted by molar-refractivity contribution is -0.136. The van der Waals surface area contributed by atoms with Crippen LogP contribution in [0, 0.1) is 0 Å². The maximum absolute atomic E-state index is 13.9. The predicted molar refractivity (Wildman–Crippen MR) is 185 cm³/mol. The van der Waals surface area contributed by atoms with Gasteiger partial charge in [0, 0.05) is 23.5 Å². The molecule has 1 fully saturated rings. The Morgan fingerprint density at radius 3 is 2.25 bits per heavy atom. The third kappa shape index (κ3) is 7.36. The van der Waals surface area contributed by atoms with Crippen molar-refractivity contribution in [1.29, 1.82) is 0 Å². The molecule has 1 aliphatic heterocycles. The third-order valence-corrected chi connectivity index (χ3v) is 10.8. The Hall–Kier alpha value is -5.16. The summed E-state index contributed by atoms with van der Waals surface area (Å²) in [5.74, 6) is -0.868. The van der Waals surface area contributed by atoms with Crippen molar-refractivity contribution in [3.8, 4) is 0 Å². The molecule has 0 saturated heterocycles. The number of fused-ring (bicyclic) bond motifs is 1. The van der Waals surface area contributed by atoms with Gasteiger partial charge in [-0.25, -0.2) is 13.2 Å². The summed E-state index contributed by atoms with van der Waals surface area (Å²) in [5.41, 5.74) is 4.65. The molecule has 0 bridgehead atoms. The molecule has 3 N–H and O–H groups in total. The third-order valence-electron chi connectivity index (χ3n) is 8.95. The van der Waals surface area contributed by atoms with E-state index < -0.39 is 22.0 Å². The molecule has 248 valence electrons. The number of hydrogen-bond donors (Lipinski definition) is 3. The highest BCUT2D eigenvalue weighted by molar-refractivity contribution is 7.93. The zero-order valence-corrected chi connectivity index (χ0v) is 27.3. The molecule has 1 saturated carbocycles. The SMILES string of the molecule is O=C(O)CCNC(=O)c1ccc(CN(C(=O)Nc2ccc3c(c2)S(=O)(=O)N(c2ccccc2)C3)c2ccc(C3CCCCC3)cc2)cc1. The number of urea groups is 1. The van der Waals surface area contributed by atoms with E-state index in [2.05, 4.69) is 22.8 Å². The minimum Gasteiger partial charge on any atom is -0.481 e. The van der Waals surface area contributed by atoms with E-state index in [1.807, 2.05) is 18.2 Å². The Kier molecular flexibility index (Phi) is 9.77. The van der Waals surface area contributed by atoms with Crippen LogP contribution in [0.5, 0.6) is 0 Å². The van der Waals surface area contributed by atoms with Crippen LogP contribution in [0.15, 0.2) is 102 Å². The quantitative estimate of drug-likeness (QED) is 0.169. The van der Waals surface area contributed by atoms with E-state index in [-0.39, 0.29) is 36.9 Å². The molecule has 6 rings (SSSR count). The van der Waals surface area contributed by atoms with Crippen molar-refractivity contribution in [3.05, 3.63) is 119 Å². The van der Waals surface area contributed by atoms with Crippen LogP contribution in [0.2, 0.25) is 0 Å². The van der Waals surface area contributed by atoms with Crippen LogP contribution in [0.3, 0.4) is 0 Å². The Bertz CT molecular complexity index is 1890. The van der Waals surface area contributed by atoms with Gasteiger partial charge in [-0.3, -0.25) is 18.8 Å². The molecule has 0 radical (unpaired) electrons. The van der Waals surface area contributed by atoms with Crippen LogP contribution in [-0.4, -0.2) is 38.0 Å². The smallest absolute Gasteiger partial charge is 0.326 e. The van der Waals surface area contributed by atoms with Crippen molar-refractivity contribution in [2.24, 2.45) is 0 Å². The summed E-state index contributed by atoms with van der Waals surface area (Å²) in [6, 6.07) is 28.3. The molecule has 0 atom stereocenters. The van der Waals surface area contributed by atoms with Gasteiger partial charge in [-0.05, 0) is 84.0 Å². The maximum Gasteiger partial charge on any atom is 0.326 e. The topological polar surface area (TPSA) is 136 Å². The van der Waals surface area contributed by atoms with Crippen LogP contribution >= 0.6 is 0 Å². The van der Waals surface area contributed by atoms with Gasteiger partial charge in [0.25, 0.3) is 15.9 Å². The average Bonchev–Trinajstić information content (AvgIpc) is 3.37. The standard InChI is InChI=1S/C37H38N4O6S/c42-35(43)21-22-38-36(44)29-13-11-26(12-14-29)24-40(32-19-16-28(17-20-32)27-7-3-1-4-8-27)37(45)39-31-18-15-30-25-41(33-9-5-2-6-10-33)48(46,47)34(30)23-31/h2,5-6,9-20,23,27H,1,3-4,7-8,21-22,24-25H2,(H,38,44)(H,39,45)(H,42,43). The largest absolute Gasteiger partial charge is 0.481 e. The summed E-state index contributed by atoms with van der Waals surface area (Å²) in [5, 5.41) is 14.3. The van der Waals surface area contributed by atoms with Crippen LogP contribution in [0.1, 0.15) is 71.5 Å². The van der Waals surface area contributed by atoms with Gasteiger partial charge in [0.15, 0.2) is 0 Å². The van der Waals surface area contributed by atoms with Gasteiger partial charge in [-0.1, -0.05) is 67.8 Å². The number of aliphatic carboxylic acids is 1. The van der Waals surface area contributed by atoms with E-state index in [1.165, 1.54) is 35.2 Å². The molecule has 3 amide bonds. The van der Waals surface area contributed by atoms with Gasteiger partial charge >= 0.3 is 12.0 Å². The lowest BCUT2D eigenvalue weighted by Crippen LogP contribution is -2.34. The molecule has 4 aromatic carbocycles. The van der Waals surface area contributed by atoms with E-state index >= 15 is 0 Å². The number of carbonyl (C=O) groups is 3. The van der Waals surface area contributed by atoms with E-state index in [1.54, 1.807) is 65.6 Å². The summed E-state index contributed by atoms with van der Waals surface area (Å²) in [6.07, 6.45) is 5.84. The normalized spacial score (nSPS) is 15.4. The number of hydrogen-bond acceptors (Lipinski definition) is 5. The molecule has 2 aliphatic rings. The molecule has 11 heteroatoms. The lowest BCUT2D eigenvalue weighted by atomic mass is 9.84. The number of amides is 3. The fourth-order valence-electron chi connectivity index (χ4n) is 6.35. The molecule has 0 aromatic heterocycles. The summed E-state index contributed by atoms with van der Waals surface area (Å²) in [6.45, 7) is 0.415. The van der Waals surface area contributed by atoms with Gasteiger partial charge in [0.05, 0.1) is 30.1 Å². The first kappa shape index (κ1) is 32.8. The second-order valence-corrected chi connectivity index (χ2v) is 14.0. The minimum atomic E-state index is -3.81. The molecule has 0 spiro atoms. The highest BCUT2D eigenvalue weighted by atomic mass is 32.2. The van der Waals surface area contributed by atoms with E-state index in [4.69, 9.17) is 5.11 Å². The fourth-order valence-corrected chi connectivity index (χ4v) is 8.03. The van der Waals surface area contributed by atoms with Crippen LogP contribution in [-0.2, 0) is 27.9 Å². The summed E-state index contributed by atoms with van der Waals surface area (Å²) < 4.78 is 28.3. The predicted octanol–water partition coefficient (Wildman–Crippen LogP) is 6.89. The van der Waals surface area contributed by atoms with Crippen molar-refractivity contribution in [2.45, 2.75) is 62.4 Å². The molecule has 48 heavy (non-hydrogen) atoms. The molecule has 10 nitrogen and oxygen atoms in total. The van der Waals surface area contributed by atoms with Gasteiger partial charge in [-0.15, -0.1) is 0 Å². The van der Waals surface area contributed by atoms with Crippen molar-refractivity contribution in [3.63, 3.8) is 0 Å². The molecular formula is C37H38N4O6S. The van der Waals surface area contributed by atoms with Crippen molar-refractivity contribution < 1.29 is 27.9 Å². The number of benzene rings is 4. The Labute approximate surface area is 280 Å². The van der Waals surface area contributed by atoms with Gasteiger partial charge in [0.1, 0.15) is 0 Å². The van der Waals surface area contributed by atoms with Gasteiger partial charge < -0.3 is 15.7 Å². The van der Waals surface area contributed by atoms with Crippen molar-refractivity contribution >= 4 is 45.0 Å². The van der Waals surface area contributed by atoms with Gasteiger partial charge in [0.2, 0.25) is 0 Å². The number of para-hydroxylation sites is 1. The molecule has 0 unspecified atom stereocenters. The number of nitrogens with zero attached hydrogens (tertiary/aromatic N) is 2. The molecular weight excluding hydrogens is 628 g/mol. The zero-order chi connectivity index (χ0) is 33.7. The number of carboxylic acids is 1. The Balaban J connectivity index is 1.23. The number of sulfonamides is 1. The van der Waals surface area contributed by atoms with Crippen molar-refractivity contribution in [1.82, 2.24) is 5.32 Å². The number of carboxylic acid groups (broad SMARTS) is 1. The summed E-state index contributed by atoms with van der Waals surface area (Å²) in [7, 11) is -3.81. The van der Waals surface area contributed by atoms with Gasteiger partial charge in [-0.2, -0.15) is 0 Å². The maximum atomic E-state index is 13.9. The first-order chi connectivity index (χ1) is 23.2. The highest BCUT2D eigenvalue weighted by Gasteiger charge is 2.35. The second kappa shape index (κ2) is 14.3. The Morgan fingerprint density at radius 2 is 1.56 bits per heavy atom. The molecule has 4 aromatic rings. The van der Waals surface area contributed by atoms with E-state index in [9.17, 15) is 22.8 Å². The van der Waals surface area contributed by atoms with E-state index in [0.717, 1.165) is 18.4 Å². The lowest BCUT2D eigenvalue weighted by Gasteiger charge is -2.26. The molecule has 1 heterocycles. The number of rotatable bonds is 10. The van der Waals surface area contributed by atoms with Crippen molar-refractivity contribution in [2.75, 3.05) is 21.1 Å². The van der Waals surface area contributed by atoms with Crippen LogP contribution in [0.4, 0.5) is 21.9 Å². The number of carbonyl (C=O) groups excluding carboxylic acids is 2. The fraction of sp³-hybridized carbons (Fsp3) is 0.270. The zero-order valence-electron chi connectivity index (χ0n) is 26.5. The summed E-state index contributed by atoms with van der Waals surface area (Å²) >= 11 is 0. The minimum absolute atomic E-state index is 0.0228. The van der Waals surface area contributed by atoms with Crippen LogP contribution in [0.25, 0.3) is 0 Å². The Morgan fingerprint density at radius 1 is 0.854 bits per heavy atom. The molecule has 1 aliphatic carbocycles. The van der Waals surface area contributed by atoms with E-state index in [0.29, 0.717) is 34.1 Å². The number of nitrogens with one attached hydrogen (secondary N) is 2. The first-order valence-corrected chi connectivity index (χ1v) is 17.6. The monoisotopic (exact) mass is 666 g/mol. The second-order valence-electron chi connectivity index (χ2n) is 12.2. The number of anilines is 3. The summed E-state index contributed by atoms with van der Waals surface area (Å²) in [4.78, 5) is 38.9. The first-order valence-electron chi connectivity index (χ1n) is 16.2.